The van der Waals surface area contributed by atoms with E-state index in [1.807, 2.05) is 23.1 Å². The Bertz CT molecular complexity index is 976. The zero-order valence-electron chi connectivity index (χ0n) is 16.7. The zero-order chi connectivity index (χ0) is 19.8. The molecule has 1 amide bonds. The molecule has 0 saturated carbocycles. The van der Waals surface area contributed by atoms with Crippen LogP contribution in [-0.4, -0.2) is 39.8 Å². The summed E-state index contributed by atoms with van der Waals surface area (Å²) in [5.74, 6) is 1.33. The summed E-state index contributed by atoms with van der Waals surface area (Å²) in [6.45, 7) is 2.11. The van der Waals surface area contributed by atoms with Crippen LogP contribution in [0.2, 0.25) is 0 Å². The van der Waals surface area contributed by atoms with Crippen molar-refractivity contribution in [3.8, 4) is 5.75 Å². The fourth-order valence-corrected chi connectivity index (χ4v) is 4.85. The molecule has 1 aromatic carbocycles. The molecule has 0 radical (unpaired) electrons. The molecule has 1 atom stereocenters. The summed E-state index contributed by atoms with van der Waals surface area (Å²) in [6.07, 6.45) is 6.11. The van der Waals surface area contributed by atoms with Crippen molar-refractivity contribution in [3.05, 3.63) is 57.5 Å². The minimum Gasteiger partial charge on any atom is -0.480 e. The molecular weight excluding hydrogens is 366 g/mol. The highest BCUT2D eigenvalue weighted by atomic mass is 16.5. The molecule has 0 spiro atoms. The van der Waals surface area contributed by atoms with Crippen LogP contribution in [0.5, 0.6) is 5.75 Å². The summed E-state index contributed by atoms with van der Waals surface area (Å²) >= 11 is 0. The van der Waals surface area contributed by atoms with Crippen LogP contribution in [-0.2, 0) is 30.6 Å². The van der Waals surface area contributed by atoms with Crippen LogP contribution in [0.3, 0.4) is 0 Å². The summed E-state index contributed by atoms with van der Waals surface area (Å²) < 4.78 is 7.63. The Labute approximate surface area is 170 Å². The third-order valence-corrected chi connectivity index (χ3v) is 6.57. The topological polar surface area (TPSA) is 64.4 Å². The minimum absolute atomic E-state index is 0.0124. The average Bonchev–Trinajstić information content (AvgIpc) is 3.21. The zero-order valence-corrected chi connectivity index (χ0v) is 16.7. The van der Waals surface area contributed by atoms with Crippen LogP contribution in [0.4, 0.5) is 0 Å². The Hall–Kier alpha value is -2.63. The molecule has 152 valence electrons. The molecule has 0 N–H and O–H groups in total. The number of hydrogen-bond acceptors (Lipinski definition) is 4. The molecule has 1 unspecified atom stereocenters. The number of benzene rings is 1. The Morgan fingerprint density at radius 3 is 2.76 bits per heavy atom. The molecule has 1 aliphatic carbocycles. The van der Waals surface area contributed by atoms with Crippen molar-refractivity contribution < 1.29 is 9.53 Å². The standard InChI is InChI=1S/C23H27N3O3/c27-22-14-18-5-3-6-19(18)24-26(22)15-16-10-12-25(13-11-16)23(28)21-9-8-17-4-1-2-7-20(17)29-21/h1-2,4,7,14,16,21H,3,5-6,8-13,15H2. The first-order valence-electron chi connectivity index (χ1n) is 10.8. The van der Waals surface area contributed by atoms with E-state index < -0.39 is 0 Å². The lowest BCUT2D eigenvalue weighted by molar-refractivity contribution is -0.141. The Morgan fingerprint density at radius 2 is 1.90 bits per heavy atom. The van der Waals surface area contributed by atoms with Gasteiger partial charge in [0.15, 0.2) is 6.10 Å². The van der Waals surface area contributed by atoms with Gasteiger partial charge in [0.05, 0.1) is 5.69 Å². The van der Waals surface area contributed by atoms with Crippen LogP contribution >= 0.6 is 0 Å². The lowest BCUT2D eigenvalue weighted by atomic mass is 9.95. The van der Waals surface area contributed by atoms with Gasteiger partial charge in [-0.05, 0) is 68.1 Å². The number of ether oxygens (including phenoxy) is 1. The first-order chi connectivity index (χ1) is 14.2. The van der Waals surface area contributed by atoms with Gasteiger partial charge in [0, 0.05) is 25.7 Å². The monoisotopic (exact) mass is 393 g/mol. The number of amides is 1. The van der Waals surface area contributed by atoms with Crippen LogP contribution < -0.4 is 10.3 Å². The number of aryl methyl sites for hydroxylation is 3. The fourth-order valence-electron chi connectivity index (χ4n) is 4.85. The Morgan fingerprint density at radius 1 is 1.07 bits per heavy atom. The van der Waals surface area contributed by atoms with Crippen molar-refractivity contribution in [1.29, 1.82) is 0 Å². The van der Waals surface area contributed by atoms with Crippen LogP contribution in [0.25, 0.3) is 0 Å². The van der Waals surface area contributed by atoms with Gasteiger partial charge in [0.2, 0.25) is 0 Å². The van der Waals surface area contributed by atoms with Crippen LogP contribution in [0.15, 0.2) is 35.1 Å². The molecule has 2 aromatic rings. The van der Waals surface area contributed by atoms with Crippen LogP contribution in [0.1, 0.15) is 42.5 Å². The Balaban J connectivity index is 1.18. The molecule has 3 aliphatic rings. The number of nitrogens with zero attached hydrogens (tertiary/aromatic N) is 3. The second-order valence-electron chi connectivity index (χ2n) is 8.51. The molecular formula is C23H27N3O3. The summed E-state index contributed by atoms with van der Waals surface area (Å²) in [5.41, 5.74) is 3.41. The number of carbonyl (C=O) groups excluding carboxylic acids is 1. The predicted molar refractivity (Wildman–Crippen MR) is 109 cm³/mol. The highest BCUT2D eigenvalue weighted by Gasteiger charge is 2.32. The highest BCUT2D eigenvalue weighted by Crippen LogP contribution is 2.29. The second-order valence-corrected chi connectivity index (χ2v) is 8.51. The average molecular weight is 393 g/mol. The van der Waals surface area contributed by atoms with E-state index in [1.54, 1.807) is 10.7 Å². The second kappa shape index (κ2) is 7.65. The molecule has 1 saturated heterocycles. The van der Waals surface area contributed by atoms with E-state index in [9.17, 15) is 9.59 Å². The van der Waals surface area contributed by atoms with Gasteiger partial charge >= 0.3 is 0 Å². The van der Waals surface area contributed by atoms with Gasteiger partial charge in [-0.25, -0.2) is 4.68 Å². The van der Waals surface area contributed by atoms with Gasteiger partial charge < -0.3 is 9.64 Å². The normalized spacial score (nSPS) is 21.4. The van der Waals surface area contributed by atoms with Crippen molar-refractivity contribution in [2.24, 2.45) is 5.92 Å². The van der Waals surface area contributed by atoms with Gasteiger partial charge in [-0.2, -0.15) is 5.10 Å². The van der Waals surface area contributed by atoms with Gasteiger partial charge in [-0.3, -0.25) is 9.59 Å². The number of para-hydroxylation sites is 1. The van der Waals surface area contributed by atoms with E-state index in [4.69, 9.17) is 4.74 Å². The number of hydrogen-bond donors (Lipinski definition) is 0. The summed E-state index contributed by atoms with van der Waals surface area (Å²) in [5, 5.41) is 4.60. The molecule has 29 heavy (non-hydrogen) atoms. The molecule has 5 rings (SSSR count). The molecule has 6 nitrogen and oxygen atoms in total. The smallest absolute Gasteiger partial charge is 0.267 e. The first-order valence-corrected chi connectivity index (χ1v) is 10.8. The number of aromatic nitrogens is 2. The van der Waals surface area contributed by atoms with Gasteiger partial charge in [-0.15, -0.1) is 0 Å². The van der Waals surface area contributed by atoms with E-state index in [1.165, 1.54) is 5.56 Å². The summed E-state index contributed by atoms with van der Waals surface area (Å²) in [7, 11) is 0. The number of fused-ring (bicyclic) bond motifs is 2. The summed E-state index contributed by atoms with van der Waals surface area (Å²) in [6, 6.07) is 9.74. The SMILES string of the molecule is O=C(C1CCc2ccccc2O1)N1CCC(Cn2nc3c(cc2=O)CCC3)CC1. The maximum Gasteiger partial charge on any atom is 0.267 e. The minimum atomic E-state index is -0.373. The third-order valence-electron chi connectivity index (χ3n) is 6.57. The van der Waals surface area contributed by atoms with Crippen LogP contribution in [0, 0.1) is 5.92 Å². The Kier molecular flexibility index (Phi) is 4.86. The third kappa shape index (κ3) is 3.68. The first kappa shape index (κ1) is 18.4. The maximum atomic E-state index is 12.9. The molecule has 1 fully saturated rings. The molecule has 3 heterocycles. The fraction of sp³-hybridized carbons (Fsp3) is 0.522. The lowest BCUT2D eigenvalue weighted by Crippen LogP contribution is -2.47. The maximum absolute atomic E-state index is 12.9. The number of rotatable bonds is 3. The summed E-state index contributed by atoms with van der Waals surface area (Å²) in [4.78, 5) is 27.2. The molecule has 2 aliphatic heterocycles. The van der Waals surface area contributed by atoms with E-state index in [0.717, 1.165) is 75.0 Å². The van der Waals surface area contributed by atoms with Gasteiger partial charge in [-0.1, -0.05) is 18.2 Å². The van der Waals surface area contributed by atoms with Crippen molar-refractivity contribution in [2.45, 2.75) is 57.6 Å². The molecule has 0 bridgehead atoms. The van der Waals surface area contributed by atoms with Crippen molar-refractivity contribution in [2.75, 3.05) is 13.1 Å². The van der Waals surface area contributed by atoms with Crippen molar-refractivity contribution in [1.82, 2.24) is 14.7 Å². The van der Waals surface area contributed by atoms with Crippen molar-refractivity contribution >= 4 is 5.91 Å². The van der Waals surface area contributed by atoms with Crippen molar-refractivity contribution in [3.63, 3.8) is 0 Å². The van der Waals surface area contributed by atoms with Gasteiger partial charge in [0.25, 0.3) is 11.5 Å². The number of piperidine rings is 1. The van der Waals surface area contributed by atoms with E-state index in [0.29, 0.717) is 12.5 Å². The quantitative estimate of drug-likeness (QED) is 0.803. The van der Waals surface area contributed by atoms with E-state index >= 15 is 0 Å². The van der Waals surface area contributed by atoms with E-state index in [-0.39, 0.29) is 17.6 Å². The molecule has 1 aromatic heterocycles. The number of carbonyl (C=O) groups is 1. The highest BCUT2D eigenvalue weighted by molar-refractivity contribution is 5.81. The van der Waals surface area contributed by atoms with Gasteiger partial charge in [0.1, 0.15) is 5.75 Å². The van der Waals surface area contributed by atoms with E-state index in [2.05, 4.69) is 11.2 Å². The number of likely N-dealkylation sites (tertiary alicyclic amines) is 1. The largest absolute Gasteiger partial charge is 0.480 e. The predicted octanol–water partition coefficient (Wildman–Crippen LogP) is 2.36. The molecule has 6 heteroatoms. The lowest BCUT2D eigenvalue weighted by Gasteiger charge is -2.35.